The summed E-state index contributed by atoms with van der Waals surface area (Å²) in [5, 5.41) is 8.53. The summed E-state index contributed by atoms with van der Waals surface area (Å²) >= 11 is 0. The molecule has 0 radical (unpaired) electrons. The minimum Gasteiger partial charge on any atom is -0.350 e. The van der Waals surface area contributed by atoms with Crippen LogP contribution in [0.3, 0.4) is 0 Å². The number of carbonyl (C=O) groups excluding carboxylic acids is 3. The predicted molar refractivity (Wildman–Crippen MR) is 108 cm³/mol. The van der Waals surface area contributed by atoms with Crippen molar-refractivity contribution >= 4 is 17.8 Å². The molecule has 3 N–H and O–H groups in total. The summed E-state index contributed by atoms with van der Waals surface area (Å²) in [5.74, 6) is 1.66. The van der Waals surface area contributed by atoms with Crippen LogP contribution in [0, 0.1) is 17.8 Å². The maximum atomic E-state index is 12.5. The number of amides is 4. The summed E-state index contributed by atoms with van der Waals surface area (Å²) < 4.78 is 0. The zero-order valence-electron chi connectivity index (χ0n) is 17.9. The van der Waals surface area contributed by atoms with E-state index in [4.69, 9.17) is 0 Å². The number of hydrogen-bond acceptors (Lipinski definition) is 4. The quantitative estimate of drug-likeness (QED) is 0.668. The van der Waals surface area contributed by atoms with E-state index >= 15 is 0 Å². The van der Waals surface area contributed by atoms with Crippen LogP contribution in [-0.2, 0) is 9.59 Å². The van der Waals surface area contributed by atoms with Crippen molar-refractivity contribution in [2.75, 3.05) is 13.6 Å². The van der Waals surface area contributed by atoms with Crippen LogP contribution in [0.4, 0.5) is 4.79 Å². The molecule has 4 saturated carbocycles. The summed E-state index contributed by atoms with van der Waals surface area (Å²) in [6, 6.07) is -0.973. The fraction of sp³-hybridized carbons (Fsp3) is 0.857. The van der Waals surface area contributed by atoms with E-state index in [0.29, 0.717) is 0 Å². The Bertz CT molecular complexity index is 605. The Morgan fingerprint density at radius 3 is 2.00 bits per heavy atom. The zero-order chi connectivity index (χ0) is 20.7. The molecule has 0 aliphatic heterocycles. The normalized spacial score (nSPS) is 32.1. The van der Waals surface area contributed by atoms with Crippen molar-refractivity contribution in [3.8, 4) is 0 Å². The maximum Gasteiger partial charge on any atom is 0.321 e. The molecule has 4 aliphatic carbocycles. The number of likely N-dealkylation sites (N-methyl/N-ethyl adjacent to an activating group) is 1. The van der Waals surface area contributed by atoms with Gasteiger partial charge in [-0.2, -0.15) is 0 Å². The van der Waals surface area contributed by atoms with Crippen LogP contribution >= 0.6 is 0 Å². The van der Waals surface area contributed by atoms with Crippen molar-refractivity contribution in [3.05, 3.63) is 0 Å². The fourth-order valence-corrected chi connectivity index (χ4v) is 5.77. The molecule has 1 atom stereocenters. The first-order valence-corrected chi connectivity index (χ1v) is 10.6. The molecule has 4 amide bonds. The second kappa shape index (κ2) is 7.65. The molecule has 0 unspecified atom stereocenters. The molecule has 0 heterocycles. The Hall–Kier alpha value is -1.63. The maximum absolute atomic E-state index is 12.5. The highest BCUT2D eigenvalue weighted by Gasteiger charge is 2.51. The van der Waals surface area contributed by atoms with Crippen LogP contribution in [0.1, 0.15) is 66.2 Å². The van der Waals surface area contributed by atoms with E-state index in [1.807, 2.05) is 20.8 Å². The van der Waals surface area contributed by atoms with E-state index in [0.717, 1.165) is 37.0 Å². The molecule has 4 fully saturated rings. The number of nitrogens with zero attached hydrogens (tertiary/aromatic N) is 1. The second-order valence-electron chi connectivity index (χ2n) is 10.5. The van der Waals surface area contributed by atoms with Gasteiger partial charge in [-0.15, -0.1) is 0 Å². The molecule has 4 bridgehead atoms. The van der Waals surface area contributed by atoms with Gasteiger partial charge in [-0.05, 0) is 91.0 Å². The lowest BCUT2D eigenvalue weighted by molar-refractivity contribution is -0.127. The van der Waals surface area contributed by atoms with Crippen LogP contribution < -0.4 is 16.0 Å². The molecule has 4 aliphatic rings. The third-order valence-corrected chi connectivity index (χ3v) is 6.60. The van der Waals surface area contributed by atoms with Crippen molar-refractivity contribution in [2.24, 2.45) is 17.8 Å². The van der Waals surface area contributed by atoms with Gasteiger partial charge in [0.25, 0.3) is 0 Å². The van der Waals surface area contributed by atoms with Gasteiger partial charge in [-0.25, -0.2) is 4.79 Å². The van der Waals surface area contributed by atoms with Gasteiger partial charge in [0.15, 0.2) is 0 Å². The molecule has 4 rings (SSSR count). The standard InChI is InChI=1S/C21H36N4O3/c1-13(25(5)12-17(26)23-20(2,3)4)18(27)22-19(28)24-21-9-14-6-15(10-21)8-16(7-14)11-21/h13-16H,6-12H2,1-5H3,(H,23,26)(H2,22,24,27,28)/t13-,14?,15?,16?,21?/m1/s1. The summed E-state index contributed by atoms with van der Waals surface area (Å²) in [4.78, 5) is 38.8. The Morgan fingerprint density at radius 1 is 1.04 bits per heavy atom. The lowest BCUT2D eigenvalue weighted by Crippen LogP contribution is -2.62. The number of hydrogen-bond donors (Lipinski definition) is 3. The molecule has 28 heavy (non-hydrogen) atoms. The number of urea groups is 1. The van der Waals surface area contributed by atoms with Crippen molar-refractivity contribution in [1.82, 2.24) is 20.9 Å². The van der Waals surface area contributed by atoms with Gasteiger partial charge >= 0.3 is 6.03 Å². The van der Waals surface area contributed by atoms with Crippen molar-refractivity contribution in [1.29, 1.82) is 0 Å². The van der Waals surface area contributed by atoms with Crippen LogP contribution in [0.25, 0.3) is 0 Å². The highest BCUT2D eigenvalue weighted by Crippen LogP contribution is 2.55. The first-order valence-electron chi connectivity index (χ1n) is 10.6. The lowest BCUT2D eigenvalue weighted by atomic mass is 9.53. The third kappa shape index (κ3) is 5.04. The van der Waals surface area contributed by atoms with Crippen molar-refractivity contribution < 1.29 is 14.4 Å². The van der Waals surface area contributed by atoms with Gasteiger partial charge in [-0.3, -0.25) is 19.8 Å². The van der Waals surface area contributed by atoms with E-state index in [1.165, 1.54) is 19.3 Å². The minimum atomic E-state index is -0.576. The average Bonchev–Trinajstić information content (AvgIpc) is 2.49. The Morgan fingerprint density at radius 2 is 1.54 bits per heavy atom. The molecule has 0 aromatic rings. The molecule has 7 heteroatoms. The fourth-order valence-electron chi connectivity index (χ4n) is 5.77. The van der Waals surface area contributed by atoms with Crippen LogP contribution in [-0.4, -0.2) is 53.5 Å². The number of carbonyl (C=O) groups is 3. The van der Waals surface area contributed by atoms with E-state index in [-0.39, 0.29) is 29.4 Å². The molecule has 0 saturated heterocycles. The van der Waals surface area contributed by atoms with Gasteiger partial charge in [-0.1, -0.05) is 0 Å². The summed E-state index contributed by atoms with van der Waals surface area (Å²) in [6.45, 7) is 7.54. The Labute approximate surface area is 168 Å². The van der Waals surface area contributed by atoms with E-state index in [1.54, 1.807) is 18.9 Å². The minimum absolute atomic E-state index is 0.0997. The second-order valence-corrected chi connectivity index (χ2v) is 10.5. The highest BCUT2D eigenvalue weighted by molar-refractivity contribution is 5.97. The Balaban J connectivity index is 1.48. The molecular formula is C21H36N4O3. The van der Waals surface area contributed by atoms with Gasteiger partial charge < -0.3 is 10.6 Å². The van der Waals surface area contributed by atoms with E-state index < -0.39 is 12.1 Å². The van der Waals surface area contributed by atoms with Crippen LogP contribution in [0.15, 0.2) is 0 Å². The van der Waals surface area contributed by atoms with Crippen molar-refractivity contribution in [2.45, 2.75) is 83.3 Å². The van der Waals surface area contributed by atoms with E-state index in [2.05, 4.69) is 16.0 Å². The van der Waals surface area contributed by atoms with Crippen LogP contribution in [0.2, 0.25) is 0 Å². The summed E-state index contributed by atoms with van der Waals surface area (Å²) in [5.41, 5.74) is -0.442. The summed E-state index contributed by atoms with van der Waals surface area (Å²) in [6.07, 6.45) is 7.05. The SMILES string of the molecule is C[C@H](C(=O)NC(=O)NC12CC3CC(CC(C3)C1)C2)N(C)CC(=O)NC(C)(C)C. The molecule has 0 spiro atoms. The van der Waals surface area contributed by atoms with Gasteiger partial charge in [0.2, 0.25) is 11.8 Å². The monoisotopic (exact) mass is 392 g/mol. The first kappa shape index (κ1) is 21.1. The van der Waals surface area contributed by atoms with Crippen LogP contribution in [0.5, 0.6) is 0 Å². The lowest BCUT2D eigenvalue weighted by Gasteiger charge is -2.56. The molecule has 158 valence electrons. The summed E-state index contributed by atoms with van der Waals surface area (Å²) in [7, 11) is 1.71. The van der Waals surface area contributed by atoms with E-state index in [9.17, 15) is 14.4 Å². The Kier molecular flexibility index (Phi) is 5.76. The highest BCUT2D eigenvalue weighted by atomic mass is 16.2. The first-order chi connectivity index (χ1) is 12.9. The molecule has 0 aromatic carbocycles. The molecular weight excluding hydrogens is 356 g/mol. The number of imide groups is 1. The topological polar surface area (TPSA) is 90.5 Å². The molecule has 0 aromatic heterocycles. The third-order valence-electron chi connectivity index (χ3n) is 6.60. The van der Waals surface area contributed by atoms with Gasteiger partial charge in [0.1, 0.15) is 0 Å². The smallest absolute Gasteiger partial charge is 0.321 e. The zero-order valence-corrected chi connectivity index (χ0v) is 17.9. The van der Waals surface area contributed by atoms with Crippen molar-refractivity contribution in [3.63, 3.8) is 0 Å². The average molecular weight is 393 g/mol. The number of rotatable bonds is 5. The van der Waals surface area contributed by atoms with Gasteiger partial charge in [0, 0.05) is 11.1 Å². The number of nitrogens with one attached hydrogen (secondary N) is 3. The predicted octanol–water partition coefficient (Wildman–Crippen LogP) is 2.02. The van der Waals surface area contributed by atoms with Gasteiger partial charge in [0.05, 0.1) is 12.6 Å². The molecule has 7 nitrogen and oxygen atoms in total. The largest absolute Gasteiger partial charge is 0.350 e.